The van der Waals surface area contributed by atoms with E-state index < -0.39 is 6.10 Å². The SMILES string of the molecule is C=CC(=O)NCCC(=O)N1C[C@@H](Cc2ccccc2)[C@H](O)C1. The first-order valence-electron chi connectivity index (χ1n) is 7.50. The van der Waals surface area contributed by atoms with E-state index in [-0.39, 0.29) is 24.2 Å². The number of amides is 2. The third-order valence-corrected chi connectivity index (χ3v) is 3.92. The lowest BCUT2D eigenvalue weighted by molar-refractivity contribution is -0.130. The molecule has 1 aliphatic rings. The molecule has 0 aliphatic carbocycles. The number of hydrogen-bond donors (Lipinski definition) is 2. The van der Waals surface area contributed by atoms with Gasteiger partial charge in [-0.15, -0.1) is 0 Å². The van der Waals surface area contributed by atoms with Gasteiger partial charge in [-0.1, -0.05) is 36.9 Å². The first-order chi connectivity index (χ1) is 10.6. The van der Waals surface area contributed by atoms with Crippen molar-refractivity contribution in [3.63, 3.8) is 0 Å². The Morgan fingerprint density at radius 2 is 2.05 bits per heavy atom. The third-order valence-electron chi connectivity index (χ3n) is 3.92. The Morgan fingerprint density at radius 1 is 1.32 bits per heavy atom. The number of nitrogens with zero attached hydrogens (tertiary/aromatic N) is 1. The molecule has 1 heterocycles. The third kappa shape index (κ3) is 4.43. The molecule has 0 bridgehead atoms. The highest BCUT2D eigenvalue weighted by molar-refractivity contribution is 5.87. The van der Waals surface area contributed by atoms with Crippen LogP contribution in [0.2, 0.25) is 0 Å². The van der Waals surface area contributed by atoms with E-state index in [0.29, 0.717) is 19.6 Å². The van der Waals surface area contributed by atoms with Gasteiger partial charge in [-0.3, -0.25) is 9.59 Å². The molecule has 5 nitrogen and oxygen atoms in total. The van der Waals surface area contributed by atoms with Gasteiger partial charge in [0.1, 0.15) is 0 Å². The fourth-order valence-electron chi connectivity index (χ4n) is 2.70. The highest BCUT2D eigenvalue weighted by Gasteiger charge is 2.33. The Labute approximate surface area is 130 Å². The first kappa shape index (κ1) is 16.2. The van der Waals surface area contributed by atoms with E-state index >= 15 is 0 Å². The quantitative estimate of drug-likeness (QED) is 0.762. The minimum absolute atomic E-state index is 0.0426. The Hall–Kier alpha value is -2.14. The second-order valence-corrected chi connectivity index (χ2v) is 5.56. The van der Waals surface area contributed by atoms with E-state index in [4.69, 9.17) is 0 Å². The number of aliphatic hydroxyl groups excluding tert-OH is 1. The zero-order valence-corrected chi connectivity index (χ0v) is 12.6. The largest absolute Gasteiger partial charge is 0.391 e. The van der Waals surface area contributed by atoms with Crippen molar-refractivity contribution in [3.05, 3.63) is 48.6 Å². The molecule has 118 valence electrons. The van der Waals surface area contributed by atoms with Crippen LogP contribution in [-0.4, -0.2) is 47.6 Å². The number of hydrogen-bond acceptors (Lipinski definition) is 3. The summed E-state index contributed by atoms with van der Waals surface area (Å²) >= 11 is 0. The zero-order chi connectivity index (χ0) is 15.9. The molecule has 1 aliphatic heterocycles. The van der Waals surface area contributed by atoms with Gasteiger partial charge in [-0.2, -0.15) is 0 Å². The summed E-state index contributed by atoms with van der Waals surface area (Å²) in [6.07, 6.45) is 1.69. The van der Waals surface area contributed by atoms with Crippen LogP contribution in [0, 0.1) is 5.92 Å². The van der Waals surface area contributed by atoms with E-state index in [1.165, 1.54) is 11.6 Å². The van der Waals surface area contributed by atoms with Crippen molar-refractivity contribution in [3.8, 4) is 0 Å². The molecule has 0 unspecified atom stereocenters. The number of β-amino-alcohol motifs (C(OH)–C–C–N with tert-alkyl or cyclic N) is 1. The predicted molar refractivity (Wildman–Crippen MR) is 84.0 cm³/mol. The minimum Gasteiger partial charge on any atom is -0.391 e. The number of carbonyl (C=O) groups is 2. The molecule has 0 radical (unpaired) electrons. The average Bonchev–Trinajstić information content (AvgIpc) is 2.89. The van der Waals surface area contributed by atoms with E-state index in [1.54, 1.807) is 4.90 Å². The van der Waals surface area contributed by atoms with Crippen LogP contribution in [0.15, 0.2) is 43.0 Å². The summed E-state index contributed by atoms with van der Waals surface area (Å²) < 4.78 is 0. The topological polar surface area (TPSA) is 69.6 Å². The number of likely N-dealkylation sites (tertiary alicyclic amines) is 1. The second kappa shape index (κ2) is 7.75. The maximum absolute atomic E-state index is 12.1. The number of rotatable bonds is 6. The van der Waals surface area contributed by atoms with Crippen LogP contribution in [0.1, 0.15) is 12.0 Å². The van der Waals surface area contributed by atoms with Crippen LogP contribution in [0.25, 0.3) is 0 Å². The molecule has 5 heteroatoms. The maximum atomic E-state index is 12.1. The van der Waals surface area contributed by atoms with Crippen LogP contribution < -0.4 is 5.32 Å². The van der Waals surface area contributed by atoms with Crippen LogP contribution in [0.5, 0.6) is 0 Å². The minimum atomic E-state index is -0.494. The molecule has 0 spiro atoms. The van der Waals surface area contributed by atoms with E-state index in [1.807, 2.05) is 30.3 Å². The lowest BCUT2D eigenvalue weighted by atomic mass is 9.97. The molecule has 2 N–H and O–H groups in total. The summed E-state index contributed by atoms with van der Waals surface area (Å²) in [5, 5.41) is 12.7. The lowest BCUT2D eigenvalue weighted by Gasteiger charge is -2.16. The van der Waals surface area contributed by atoms with Gasteiger partial charge in [0.15, 0.2) is 0 Å². The Bertz CT molecular complexity index is 530. The van der Waals surface area contributed by atoms with Crippen LogP contribution in [0.4, 0.5) is 0 Å². The van der Waals surface area contributed by atoms with Crippen molar-refractivity contribution in [2.75, 3.05) is 19.6 Å². The second-order valence-electron chi connectivity index (χ2n) is 5.56. The Balaban J connectivity index is 1.81. The average molecular weight is 302 g/mol. The molecule has 1 fully saturated rings. The molecule has 2 amide bonds. The van der Waals surface area contributed by atoms with Gasteiger partial charge >= 0.3 is 0 Å². The normalized spacial score (nSPS) is 20.7. The highest BCUT2D eigenvalue weighted by Crippen LogP contribution is 2.22. The van der Waals surface area contributed by atoms with E-state index in [9.17, 15) is 14.7 Å². The van der Waals surface area contributed by atoms with E-state index in [2.05, 4.69) is 11.9 Å². The summed E-state index contributed by atoms with van der Waals surface area (Å²) in [6, 6.07) is 9.97. The van der Waals surface area contributed by atoms with Crippen LogP contribution >= 0.6 is 0 Å². The highest BCUT2D eigenvalue weighted by atomic mass is 16.3. The van der Waals surface area contributed by atoms with E-state index in [0.717, 1.165) is 6.42 Å². The summed E-state index contributed by atoms with van der Waals surface area (Å²) in [6.45, 7) is 4.57. The van der Waals surface area contributed by atoms with Gasteiger partial charge < -0.3 is 15.3 Å². The fraction of sp³-hybridized carbons (Fsp3) is 0.412. The Kier molecular flexibility index (Phi) is 5.72. The van der Waals surface area contributed by atoms with Crippen LogP contribution in [-0.2, 0) is 16.0 Å². The van der Waals surface area contributed by atoms with Crippen molar-refractivity contribution in [2.24, 2.45) is 5.92 Å². The number of aliphatic hydroxyl groups is 1. The zero-order valence-electron chi connectivity index (χ0n) is 12.6. The fourth-order valence-corrected chi connectivity index (χ4v) is 2.70. The number of carbonyl (C=O) groups excluding carboxylic acids is 2. The summed E-state index contributed by atoms with van der Waals surface area (Å²) in [5.41, 5.74) is 1.17. The van der Waals surface area contributed by atoms with Crippen molar-refractivity contribution >= 4 is 11.8 Å². The maximum Gasteiger partial charge on any atom is 0.243 e. The van der Waals surface area contributed by atoms with Crippen LogP contribution in [0.3, 0.4) is 0 Å². The number of nitrogens with one attached hydrogen (secondary N) is 1. The standard InChI is InChI=1S/C17H22N2O3/c1-2-16(21)18-9-8-17(22)19-11-14(15(20)12-19)10-13-6-4-3-5-7-13/h2-7,14-15,20H,1,8-12H2,(H,18,21)/t14-,15-/m1/s1. The van der Waals surface area contributed by atoms with Gasteiger partial charge in [0, 0.05) is 32.0 Å². The molecule has 0 saturated carbocycles. The first-order valence-corrected chi connectivity index (χ1v) is 7.50. The molecule has 1 saturated heterocycles. The van der Waals surface area contributed by atoms with Gasteiger partial charge in [0.2, 0.25) is 11.8 Å². The van der Waals surface area contributed by atoms with Crippen molar-refractivity contribution < 1.29 is 14.7 Å². The smallest absolute Gasteiger partial charge is 0.243 e. The van der Waals surface area contributed by atoms with Gasteiger partial charge in [-0.25, -0.2) is 0 Å². The van der Waals surface area contributed by atoms with Gasteiger partial charge in [-0.05, 0) is 18.1 Å². The summed E-state index contributed by atoms with van der Waals surface area (Å²) in [7, 11) is 0. The lowest BCUT2D eigenvalue weighted by Crippen LogP contribution is -2.33. The number of benzene rings is 1. The Morgan fingerprint density at radius 3 is 2.73 bits per heavy atom. The van der Waals surface area contributed by atoms with Crippen molar-refractivity contribution in [2.45, 2.75) is 18.9 Å². The van der Waals surface area contributed by atoms with Gasteiger partial charge in [0.05, 0.1) is 6.10 Å². The monoisotopic (exact) mass is 302 g/mol. The van der Waals surface area contributed by atoms with Crippen molar-refractivity contribution in [1.29, 1.82) is 0 Å². The molecule has 2 atom stereocenters. The molecule has 1 aromatic carbocycles. The molecule has 0 aromatic heterocycles. The summed E-state index contributed by atoms with van der Waals surface area (Å²) in [5.74, 6) is -0.260. The summed E-state index contributed by atoms with van der Waals surface area (Å²) in [4.78, 5) is 24.8. The molecule has 2 rings (SSSR count). The molecular formula is C17H22N2O3. The molecule has 1 aromatic rings. The van der Waals surface area contributed by atoms with Gasteiger partial charge in [0.25, 0.3) is 0 Å². The molecular weight excluding hydrogens is 280 g/mol. The van der Waals surface area contributed by atoms with Crippen molar-refractivity contribution in [1.82, 2.24) is 10.2 Å². The molecule has 22 heavy (non-hydrogen) atoms. The predicted octanol–water partition coefficient (Wildman–Crippen LogP) is 0.741.